The maximum atomic E-state index is 12.6. The minimum Gasteiger partial charge on any atom is -0.472 e. The third kappa shape index (κ3) is 3.22. The summed E-state index contributed by atoms with van der Waals surface area (Å²) in [6.45, 7) is 2.81. The summed E-state index contributed by atoms with van der Waals surface area (Å²) < 4.78 is 5.06. The SMILES string of the molecule is CC1(O)CCCCC1C1CCCN1C(=O)CCc1ccoc1. The fourth-order valence-electron chi connectivity index (χ4n) is 4.30. The normalized spacial score (nSPS) is 32.4. The van der Waals surface area contributed by atoms with E-state index in [1.165, 1.54) is 6.42 Å². The summed E-state index contributed by atoms with van der Waals surface area (Å²) in [6, 6.07) is 2.15. The molecule has 1 aliphatic heterocycles. The molecule has 2 aliphatic rings. The highest BCUT2D eigenvalue weighted by atomic mass is 16.3. The van der Waals surface area contributed by atoms with Crippen LogP contribution in [0, 0.1) is 5.92 Å². The number of aliphatic hydroxyl groups is 1. The van der Waals surface area contributed by atoms with Crippen LogP contribution >= 0.6 is 0 Å². The zero-order valence-corrected chi connectivity index (χ0v) is 13.5. The summed E-state index contributed by atoms with van der Waals surface area (Å²) in [4.78, 5) is 14.7. The molecule has 2 fully saturated rings. The van der Waals surface area contributed by atoms with Gasteiger partial charge in [-0.3, -0.25) is 4.79 Å². The Morgan fingerprint density at radius 3 is 3.00 bits per heavy atom. The van der Waals surface area contributed by atoms with Gasteiger partial charge in [0.2, 0.25) is 5.91 Å². The van der Waals surface area contributed by atoms with E-state index in [0.29, 0.717) is 6.42 Å². The molecule has 1 N–H and O–H groups in total. The second kappa shape index (κ2) is 6.45. The van der Waals surface area contributed by atoms with Gasteiger partial charge >= 0.3 is 0 Å². The first kappa shape index (κ1) is 15.6. The fourth-order valence-corrected chi connectivity index (χ4v) is 4.30. The second-order valence-electron chi connectivity index (χ2n) is 7.14. The molecule has 1 aromatic heterocycles. The Balaban J connectivity index is 1.63. The molecular weight excluding hydrogens is 278 g/mol. The van der Waals surface area contributed by atoms with Crippen molar-refractivity contribution in [1.82, 2.24) is 4.90 Å². The molecule has 1 saturated heterocycles. The van der Waals surface area contributed by atoms with Crippen LogP contribution < -0.4 is 0 Å². The minimum atomic E-state index is -0.615. The summed E-state index contributed by atoms with van der Waals surface area (Å²) in [5.74, 6) is 0.465. The standard InChI is InChI=1S/C18H27NO3/c1-18(21)10-3-2-5-15(18)16-6-4-11-19(16)17(20)8-7-14-9-12-22-13-14/h9,12-13,15-16,21H,2-8,10-11H2,1H3. The maximum absolute atomic E-state index is 12.6. The van der Waals surface area contributed by atoms with Gasteiger partial charge in [0.05, 0.1) is 18.1 Å². The second-order valence-corrected chi connectivity index (χ2v) is 7.14. The first-order valence-corrected chi connectivity index (χ1v) is 8.61. The van der Waals surface area contributed by atoms with Crippen molar-refractivity contribution in [3.05, 3.63) is 24.2 Å². The molecule has 0 bridgehead atoms. The van der Waals surface area contributed by atoms with E-state index in [0.717, 1.165) is 50.6 Å². The Bertz CT molecular complexity index is 494. The van der Waals surface area contributed by atoms with E-state index in [2.05, 4.69) is 0 Å². The molecule has 0 aromatic carbocycles. The summed E-state index contributed by atoms with van der Waals surface area (Å²) >= 11 is 0. The third-order valence-corrected chi connectivity index (χ3v) is 5.54. The number of hydrogen-bond acceptors (Lipinski definition) is 3. The van der Waals surface area contributed by atoms with Gasteiger partial charge in [0.25, 0.3) is 0 Å². The molecule has 22 heavy (non-hydrogen) atoms. The molecular formula is C18H27NO3. The average molecular weight is 305 g/mol. The number of carbonyl (C=O) groups excluding carboxylic acids is 1. The highest BCUT2D eigenvalue weighted by Crippen LogP contribution is 2.40. The monoisotopic (exact) mass is 305 g/mol. The van der Waals surface area contributed by atoms with Crippen molar-refractivity contribution in [3.63, 3.8) is 0 Å². The van der Waals surface area contributed by atoms with Crippen molar-refractivity contribution in [2.75, 3.05) is 6.54 Å². The lowest BCUT2D eigenvalue weighted by atomic mass is 9.72. The molecule has 0 spiro atoms. The Morgan fingerprint density at radius 1 is 1.41 bits per heavy atom. The van der Waals surface area contributed by atoms with Crippen LogP contribution in [0.25, 0.3) is 0 Å². The van der Waals surface area contributed by atoms with Gasteiger partial charge in [0.15, 0.2) is 0 Å². The largest absolute Gasteiger partial charge is 0.472 e. The van der Waals surface area contributed by atoms with Gasteiger partial charge in [-0.05, 0) is 50.7 Å². The topological polar surface area (TPSA) is 53.7 Å². The molecule has 1 amide bonds. The predicted molar refractivity (Wildman–Crippen MR) is 84.3 cm³/mol. The predicted octanol–water partition coefficient (Wildman–Crippen LogP) is 3.14. The lowest BCUT2D eigenvalue weighted by Gasteiger charge is -2.43. The molecule has 0 radical (unpaired) electrons. The Kier molecular flexibility index (Phi) is 4.57. The van der Waals surface area contributed by atoms with E-state index >= 15 is 0 Å². The molecule has 2 heterocycles. The van der Waals surface area contributed by atoms with Crippen LogP contribution in [0.1, 0.15) is 57.4 Å². The molecule has 122 valence electrons. The number of aryl methyl sites for hydroxylation is 1. The smallest absolute Gasteiger partial charge is 0.223 e. The summed E-state index contributed by atoms with van der Waals surface area (Å²) in [7, 11) is 0. The highest BCUT2D eigenvalue weighted by Gasteiger charge is 2.44. The van der Waals surface area contributed by atoms with Crippen molar-refractivity contribution in [2.24, 2.45) is 5.92 Å². The van der Waals surface area contributed by atoms with E-state index in [4.69, 9.17) is 4.42 Å². The summed E-state index contributed by atoms with van der Waals surface area (Å²) in [5.41, 5.74) is 0.463. The molecule has 3 atom stereocenters. The van der Waals surface area contributed by atoms with Gasteiger partial charge in [-0.2, -0.15) is 0 Å². The number of hydrogen-bond donors (Lipinski definition) is 1. The number of amides is 1. The number of rotatable bonds is 4. The van der Waals surface area contributed by atoms with Crippen molar-refractivity contribution in [3.8, 4) is 0 Å². The Morgan fingerprint density at radius 2 is 2.27 bits per heavy atom. The van der Waals surface area contributed by atoms with Gasteiger partial charge < -0.3 is 14.4 Å². The Hall–Kier alpha value is -1.29. The van der Waals surface area contributed by atoms with Gasteiger partial charge in [0, 0.05) is 24.9 Å². The van der Waals surface area contributed by atoms with E-state index in [1.54, 1.807) is 12.5 Å². The number of nitrogens with zero attached hydrogens (tertiary/aromatic N) is 1. The number of likely N-dealkylation sites (tertiary alicyclic amines) is 1. The van der Waals surface area contributed by atoms with Gasteiger partial charge in [-0.15, -0.1) is 0 Å². The summed E-state index contributed by atoms with van der Waals surface area (Å²) in [5, 5.41) is 10.7. The van der Waals surface area contributed by atoms with Crippen molar-refractivity contribution in [1.29, 1.82) is 0 Å². The van der Waals surface area contributed by atoms with E-state index in [1.807, 2.05) is 17.9 Å². The molecule has 1 saturated carbocycles. The highest BCUT2D eigenvalue weighted by molar-refractivity contribution is 5.77. The number of carbonyl (C=O) groups is 1. The van der Waals surface area contributed by atoms with E-state index in [-0.39, 0.29) is 17.9 Å². The van der Waals surface area contributed by atoms with Gasteiger partial charge in [-0.1, -0.05) is 12.8 Å². The van der Waals surface area contributed by atoms with Crippen molar-refractivity contribution in [2.45, 2.75) is 69.9 Å². The average Bonchev–Trinajstić information content (AvgIpc) is 3.15. The zero-order valence-electron chi connectivity index (χ0n) is 13.5. The van der Waals surface area contributed by atoms with Crippen LogP contribution in [0.15, 0.2) is 23.0 Å². The van der Waals surface area contributed by atoms with Crippen LogP contribution in [0.5, 0.6) is 0 Å². The Labute approximate surface area is 132 Å². The molecule has 4 heteroatoms. The number of furan rings is 1. The maximum Gasteiger partial charge on any atom is 0.223 e. The lowest BCUT2D eigenvalue weighted by Crippen LogP contribution is -2.50. The van der Waals surface area contributed by atoms with Crippen LogP contribution in [-0.2, 0) is 11.2 Å². The molecule has 3 rings (SSSR count). The minimum absolute atomic E-state index is 0.227. The molecule has 1 aliphatic carbocycles. The van der Waals surface area contributed by atoms with Crippen LogP contribution in [-0.4, -0.2) is 34.1 Å². The van der Waals surface area contributed by atoms with Crippen molar-refractivity contribution < 1.29 is 14.3 Å². The molecule has 4 nitrogen and oxygen atoms in total. The van der Waals surface area contributed by atoms with Gasteiger partial charge in [-0.25, -0.2) is 0 Å². The van der Waals surface area contributed by atoms with Crippen LogP contribution in [0.3, 0.4) is 0 Å². The lowest BCUT2D eigenvalue weighted by molar-refractivity contribution is -0.136. The third-order valence-electron chi connectivity index (χ3n) is 5.54. The zero-order chi connectivity index (χ0) is 15.6. The van der Waals surface area contributed by atoms with Gasteiger partial charge in [0.1, 0.15) is 0 Å². The van der Waals surface area contributed by atoms with Crippen LogP contribution in [0.2, 0.25) is 0 Å². The fraction of sp³-hybridized carbons (Fsp3) is 0.722. The van der Waals surface area contributed by atoms with Crippen molar-refractivity contribution >= 4 is 5.91 Å². The summed E-state index contributed by atoms with van der Waals surface area (Å²) in [6.07, 6.45) is 10.9. The molecule has 1 aromatic rings. The van der Waals surface area contributed by atoms with E-state index < -0.39 is 5.60 Å². The quantitative estimate of drug-likeness (QED) is 0.929. The van der Waals surface area contributed by atoms with Crippen LogP contribution in [0.4, 0.5) is 0 Å². The first-order chi connectivity index (χ1) is 10.6. The first-order valence-electron chi connectivity index (χ1n) is 8.61. The molecule has 3 unspecified atom stereocenters. The van der Waals surface area contributed by atoms with E-state index in [9.17, 15) is 9.90 Å².